The third-order valence-electron chi connectivity index (χ3n) is 2.40. The fourth-order valence-electron chi connectivity index (χ4n) is 1.08. The van der Waals surface area contributed by atoms with E-state index in [-0.39, 0.29) is 11.6 Å². The van der Waals surface area contributed by atoms with Crippen LogP contribution in [0.3, 0.4) is 0 Å². The first-order valence-corrected chi connectivity index (χ1v) is 6.59. The Hall–Kier alpha value is 0.270. The molecule has 15 heavy (non-hydrogen) atoms. The third kappa shape index (κ3) is 9.21. The molecule has 2 nitrogen and oxygen atoms in total. The average molecular weight is 233 g/mol. The summed E-state index contributed by atoms with van der Waals surface area (Å²) < 4.78 is 5.68. The zero-order chi connectivity index (χ0) is 12.1. The fraction of sp³-hybridized carbons (Fsp3) is 1.00. The molecule has 0 fully saturated rings. The lowest BCUT2D eigenvalue weighted by Gasteiger charge is -2.25. The van der Waals surface area contributed by atoms with Gasteiger partial charge >= 0.3 is 0 Å². The summed E-state index contributed by atoms with van der Waals surface area (Å²) in [6, 6.07) is 0.281. The normalized spacial score (nSPS) is 15.4. The summed E-state index contributed by atoms with van der Waals surface area (Å²) in [6.07, 6.45) is 2.05. The van der Waals surface area contributed by atoms with Gasteiger partial charge in [0.25, 0.3) is 0 Å². The predicted molar refractivity (Wildman–Crippen MR) is 70.5 cm³/mol. The quantitative estimate of drug-likeness (QED) is 0.766. The number of thioether (sulfide) groups is 1. The van der Waals surface area contributed by atoms with Gasteiger partial charge in [0.05, 0.1) is 5.60 Å². The summed E-state index contributed by atoms with van der Waals surface area (Å²) in [5.74, 6) is 1.03. The van der Waals surface area contributed by atoms with Crippen molar-refractivity contribution in [3.05, 3.63) is 0 Å². The van der Waals surface area contributed by atoms with E-state index in [1.165, 1.54) is 0 Å². The summed E-state index contributed by atoms with van der Waals surface area (Å²) in [5, 5.41) is 0. The monoisotopic (exact) mass is 233 g/mol. The molecule has 0 aliphatic rings. The van der Waals surface area contributed by atoms with Crippen molar-refractivity contribution in [1.82, 2.24) is 0 Å². The van der Waals surface area contributed by atoms with Gasteiger partial charge in [0, 0.05) is 23.7 Å². The highest BCUT2D eigenvalue weighted by molar-refractivity contribution is 8.00. The van der Waals surface area contributed by atoms with Gasteiger partial charge in [-0.05, 0) is 26.7 Å². The van der Waals surface area contributed by atoms with Crippen LogP contribution in [0, 0.1) is 0 Å². The number of ether oxygens (including phenoxy) is 1. The average Bonchev–Trinajstić information content (AvgIpc) is 2.10. The maximum Gasteiger partial charge on any atom is 0.0623 e. The highest BCUT2D eigenvalue weighted by atomic mass is 32.2. The summed E-state index contributed by atoms with van der Waals surface area (Å²) in [5.41, 5.74) is 6.03. The van der Waals surface area contributed by atoms with E-state index in [4.69, 9.17) is 10.5 Å². The standard InChI is InChI=1S/C12H27NOS/c1-11(2,3)15-9-10(13)7-8-12(4,5)14-6/h10H,7-9,13H2,1-6H3. The first-order valence-electron chi connectivity index (χ1n) is 5.61. The minimum absolute atomic E-state index is 0.0377. The van der Waals surface area contributed by atoms with E-state index in [1.54, 1.807) is 7.11 Å². The van der Waals surface area contributed by atoms with Crippen molar-refractivity contribution in [2.45, 2.75) is 63.9 Å². The van der Waals surface area contributed by atoms with Gasteiger partial charge in [0.1, 0.15) is 0 Å². The van der Waals surface area contributed by atoms with Crippen molar-refractivity contribution < 1.29 is 4.74 Å². The molecule has 0 aliphatic heterocycles. The van der Waals surface area contributed by atoms with Gasteiger partial charge in [0.2, 0.25) is 0 Å². The number of nitrogens with two attached hydrogens (primary N) is 1. The largest absolute Gasteiger partial charge is 0.379 e. The van der Waals surface area contributed by atoms with Crippen molar-refractivity contribution in [1.29, 1.82) is 0 Å². The van der Waals surface area contributed by atoms with E-state index in [2.05, 4.69) is 34.6 Å². The first kappa shape index (κ1) is 15.3. The second-order valence-corrected chi connectivity index (χ2v) is 7.53. The zero-order valence-electron chi connectivity index (χ0n) is 11.1. The van der Waals surface area contributed by atoms with E-state index in [1.807, 2.05) is 11.8 Å². The van der Waals surface area contributed by atoms with Crippen LogP contribution >= 0.6 is 11.8 Å². The summed E-state index contributed by atoms with van der Waals surface area (Å²) in [6.45, 7) is 10.9. The molecule has 0 saturated carbocycles. The zero-order valence-corrected chi connectivity index (χ0v) is 11.9. The van der Waals surface area contributed by atoms with Crippen molar-refractivity contribution in [2.75, 3.05) is 12.9 Å². The van der Waals surface area contributed by atoms with Gasteiger partial charge in [-0.3, -0.25) is 0 Å². The van der Waals surface area contributed by atoms with Crippen LogP contribution in [0.2, 0.25) is 0 Å². The number of hydrogen-bond acceptors (Lipinski definition) is 3. The third-order valence-corrected chi connectivity index (χ3v) is 3.86. The molecule has 0 radical (unpaired) electrons. The summed E-state index contributed by atoms with van der Waals surface area (Å²) >= 11 is 1.93. The van der Waals surface area contributed by atoms with Gasteiger partial charge in [-0.1, -0.05) is 20.8 Å². The highest BCUT2D eigenvalue weighted by Crippen LogP contribution is 2.25. The van der Waals surface area contributed by atoms with Crippen LogP contribution in [0.1, 0.15) is 47.5 Å². The van der Waals surface area contributed by atoms with Gasteiger partial charge in [-0.15, -0.1) is 0 Å². The Labute approximate surface area is 99.3 Å². The Kier molecular flexibility index (Phi) is 6.23. The van der Waals surface area contributed by atoms with E-state index in [0.29, 0.717) is 4.75 Å². The smallest absolute Gasteiger partial charge is 0.0623 e. The number of rotatable bonds is 6. The van der Waals surface area contributed by atoms with Crippen molar-refractivity contribution in [2.24, 2.45) is 5.73 Å². The number of methoxy groups -OCH3 is 1. The highest BCUT2D eigenvalue weighted by Gasteiger charge is 2.19. The lowest BCUT2D eigenvalue weighted by atomic mass is 10.00. The fourth-order valence-corrected chi connectivity index (χ4v) is 1.96. The Bertz CT molecular complexity index is 175. The molecule has 0 saturated heterocycles. The van der Waals surface area contributed by atoms with Crippen molar-refractivity contribution >= 4 is 11.8 Å². The minimum Gasteiger partial charge on any atom is -0.379 e. The van der Waals surface area contributed by atoms with Crippen molar-refractivity contribution in [3.8, 4) is 0 Å². The Balaban J connectivity index is 3.71. The molecule has 0 rings (SSSR count). The SMILES string of the molecule is COC(C)(C)CCC(N)CSC(C)(C)C. The molecule has 3 heteroatoms. The first-order chi connectivity index (χ1) is 6.66. The molecule has 92 valence electrons. The molecule has 0 amide bonds. The molecule has 2 N–H and O–H groups in total. The molecule has 0 spiro atoms. The van der Waals surface area contributed by atoms with Crippen LogP contribution in [0.5, 0.6) is 0 Å². The van der Waals surface area contributed by atoms with E-state index in [0.717, 1.165) is 18.6 Å². The van der Waals surface area contributed by atoms with Crippen LogP contribution in [0.15, 0.2) is 0 Å². The molecule has 1 atom stereocenters. The maximum absolute atomic E-state index is 6.07. The Morgan fingerprint density at radius 1 is 1.20 bits per heavy atom. The van der Waals surface area contributed by atoms with Crippen LogP contribution in [-0.2, 0) is 4.74 Å². The van der Waals surface area contributed by atoms with Crippen LogP contribution < -0.4 is 5.73 Å². The van der Waals surface area contributed by atoms with Crippen LogP contribution in [-0.4, -0.2) is 29.3 Å². The van der Waals surface area contributed by atoms with Crippen molar-refractivity contribution in [3.63, 3.8) is 0 Å². The lowest BCUT2D eigenvalue weighted by molar-refractivity contribution is 0.0129. The van der Waals surface area contributed by atoms with Gasteiger partial charge in [-0.25, -0.2) is 0 Å². The molecular formula is C12H27NOS. The van der Waals surface area contributed by atoms with E-state index < -0.39 is 0 Å². The lowest BCUT2D eigenvalue weighted by Crippen LogP contribution is -2.30. The molecule has 0 aromatic rings. The molecule has 0 aromatic heterocycles. The number of hydrogen-bond donors (Lipinski definition) is 1. The minimum atomic E-state index is -0.0377. The molecule has 0 aromatic carbocycles. The molecule has 0 aliphatic carbocycles. The summed E-state index contributed by atoms with van der Waals surface area (Å²) in [4.78, 5) is 0. The molecule has 1 unspecified atom stereocenters. The maximum atomic E-state index is 6.07. The molecular weight excluding hydrogens is 206 g/mol. The predicted octanol–water partition coefficient (Wildman–Crippen LogP) is 3.05. The second-order valence-electron chi connectivity index (χ2n) is 5.69. The molecule has 0 bridgehead atoms. The second kappa shape index (κ2) is 6.12. The molecule has 0 heterocycles. The van der Waals surface area contributed by atoms with Gasteiger partial charge < -0.3 is 10.5 Å². The van der Waals surface area contributed by atoms with Gasteiger partial charge in [0.15, 0.2) is 0 Å². The Morgan fingerprint density at radius 2 is 1.73 bits per heavy atom. The topological polar surface area (TPSA) is 35.2 Å². The Morgan fingerprint density at radius 3 is 2.13 bits per heavy atom. The summed E-state index contributed by atoms with van der Waals surface area (Å²) in [7, 11) is 1.76. The van der Waals surface area contributed by atoms with E-state index in [9.17, 15) is 0 Å². The van der Waals surface area contributed by atoms with Crippen LogP contribution in [0.25, 0.3) is 0 Å². The van der Waals surface area contributed by atoms with E-state index >= 15 is 0 Å². The van der Waals surface area contributed by atoms with Gasteiger partial charge in [-0.2, -0.15) is 11.8 Å². The van der Waals surface area contributed by atoms with Crippen LogP contribution in [0.4, 0.5) is 0 Å².